The first-order valence-electron chi connectivity index (χ1n) is 10.3. The minimum Gasteiger partial charge on any atom is -0.368 e. The van der Waals surface area contributed by atoms with Crippen molar-refractivity contribution < 1.29 is 9.59 Å². The standard InChI is InChI=1S/C27H24N2O2/c28-27(31)25(17-19-10-13-23(14-11-19)21-6-2-1-3-7-21)29-26(30)18-20-12-15-22-8-4-5-9-24(22)16-20/h1-16,25H,17-18H2,(H2,28,31)(H,29,30)/t25-/m0/s1. The second kappa shape index (κ2) is 9.26. The molecule has 4 aromatic rings. The lowest BCUT2D eigenvalue weighted by molar-refractivity contribution is -0.127. The fourth-order valence-electron chi connectivity index (χ4n) is 3.70. The summed E-state index contributed by atoms with van der Waals surface area (Å²) in [6.07, 6.45) is 0.551. The highest BCUT2D eigenvalue weighted by Crippen LogP contribution is 2.20. The van der Waals surface area contributed by atoms with Gasteiger partial charge in [0.1, 0.15) is 6.04 Å². The average Bonchev–Trinajstić information content (AvgIpc) is 2.79. The van der Waals surface area contributed by atoms with Gasteiger partial charge in [-0.1, -0.05) is 97.1 Å². The molecule has 3 N–H and O–H groups in total. The van der Waals surface area contributed by atoms with Gasteiger partial charge < -0.3 is 11.1 Å². The smallest absolute Gasteiger partial charge is 0.240 e. The van der Waals surface area contributed by atoms with Crippen molar-refractivity contribution in [2.45, 2.75) is 18.9 Å². The van der Waals surface area contributed by atoms with Crippen LogP contribution in [0.5, 0.6) is 0 Å². The van der Waals surface area contributed by atoms with E-state index in [1.165, 1.54) is 0 Å². The SMILES string of the molecule is NC(=O)[C@H](Cc1ccc(-c2ccccc2)cc1)NC(=O)Cc1ccc2ccccc2c1. The Hall–Kier alpha value is -3.92. The molecular formula is C27H24N2O2. The fraction of sp³-hybridized carbons (Fsp3) is 0.111. The predicted molar refractivity (Wildman–Crippen MR) is 124 cm³/mol. The van der Waals surface area contributed by atoms with E-state index in [1.807, 2.05) is 97.1 Å². The Balaban J connectivity index is 1.41. The van der Waals surface area contributed by atoms with Crippen molar-refractivity contribution in [2.24, 2.45) is 5.73 Å². The second-order valence-corrected chi connectivity index (χ2v) is 7.65. The fourth-order valence-corrected chi connectivity index (χ4v) is 3.70. The summed E-state index contributed by atoms with van der Waals surface area (Å²) in [5.74, 6) is -0.765. The van der Waals surface area contributed by atoms with Crippen LogP contribution >= 0.6 is 0 Å². The van der Waals surface area contributed by atoms with Crippen LogP contribution in [0.15, 0.2) is 97.1 Å². The molecule has 2 amide bonds. The number of primary amides is 1. The Kier molecular flexibility index (Phi) is 6.08. The summed E-state index contributed by atoms with van der Waals surface area (Å²) < 4.78 is 0. The zero-order valence-electron chi connectivity index (χ0n) is 17.1. The molecule has 0 aliphatic heterocycles. The van der Waals surface area contributed by atoms with Crippen LogP contribution in [0.1, 0.15) is 11.1 Å². The van der Waals surface area contributed by atoms with E-state index in [0.29, 0.717) is 6.42 Å². The number of amides is 2. The zero-order valence-corrected chi connectivity index (χ0v) is 17.1. The van der Waals surface area contributed by atoms with E-state index in [2.05, 4.69) is 5.32 Å². The summed E-state index contributed by atoms with van der Waals surface area (Å²) in [4.78, 5) is 24.5. The Morgan fingerprint density at radius 3 is 2.03 bits per heavy atom. The summed E-state index contributed by atoms with van der Waals surface area (Å²) in [5.41, 5.74) is 9.63. The topological polar surface area (TPSA) is 72.2 Å². The number of fused-ring (bicyclic) bond motifs is 1. The van der Waals surface area contributed by atoms with Gasteiger partial charge >= 0.3 is 0 Å². The summed E-state index contributed by atoms with van der Waals surface area (Å²) in [6, 6.07) is 31.2. The first-order valence-corrected chi connectivity index (χ1v) is 10.3. The molecule has 0 aliphatic carbocycles. The molecule has 4 aromatic carbocycles. The number of benzene rings is 4. The molecule has 0 aliphatic rings. The van der Waals surface area contributed by atoms with E-state index in [1.54, 1.807) is 0 Å². The summed E-state index contributed by atoms with van der Waals surface area (Å²) >= 11 is 0. The Labute approximate surface area is 181 Å². The molecule has 0 unspecified atom stereocenters. The third kappa shape index (κ3) is 5.17. The number of hydrogen-bond acceptors (Lipinski definition) is 2. The number of carbonyl (C=O) groups excluding carboxylic acids is 2. The van der Waals surface area contributed by atoms with Gasteiger partial charge in [0.2, 0.25) is 11.8 Å². The zero-order chi connectivity index (χ0) is 21.6. The number of nitrogens with two attached hydrogens (primary N) is 1. The molecule has 154 valence electrons. The molecule has 0 fully saturated rings. The maximum absolute atomic E-state index is 12.6. The van der Waals surface area contributed by atoms with Crippen LogP contribution in [-0.2, 0) is 22.4 Å². The van der Waals surface area contributed by atoms with E-state index >= 15 is 0 Å². The van der Waals surface area contributed by atoms with E-state index in [0.717, 1.165) is 33.0 Å². The highest BCUT2D eigenvalue weighted by Gasteiger charge is 2.19. The van der Waals surface area contributed by atoms with Crippen LogP contribution in [0.25, 0.3) is 21.9 Å². The molecule has 1 atom stereocenters. The van der Waals surface area contributed by atoms with Gasteiger partial charge in [-0.2, -0.15) is 0 Å². The van der Waals surface area contributed by atoms with Gasteiger partial charge in [0.15, 0.2) is 0 Å². The molecule has 0 saturated carbocycles. The van der Waals surface area contributed by atoms with Crippen molar-refractivity contribution in [3.8, 4) is 11.1 Å². The van der Waals surface area contributed by atoms with Crippen LogP contribution in [-0.4, -0.2) is 17.9 Å². The third-order valence-electron chi connectivity index (χ3n) is 5.36. The molecule has 4 nitrogen and oxygen atoms in total. The van der Waals surface area contributed by atoms with Gasteiger partial charge in [-0.15, -0.1) is 0 Å². The molecule has 0 spiro atoms. The van der Waals surface area contributed by atoms with Gasteiger partial charge in [-0.05, 0) is 33.0 Å². The molecule has 4 rings (SSSR count). The Bertz CT molecular complexity index is 1200. The van der Waals surface area contributed by atoms with E-state index in [4.69, 9.17) is 5.73 Å². The average molecular weight is 409 g/mol. The van der Waals surface area contributed by atoms with Gasteiger partial charge in [-0.25, -0.2) is 0 Å². The van der Waals surface area contributed by atoms with Gasteiger partial charge in [0.05, 0.1) is 6.42 Å². The van der Waals surface area contributed by atoms with Crippen molar-refractivity contribution in [2.75, 3.05) is 0 Å². The molecule has 0 saturated heterocycles. The lowest BCUT2D eigenvalue weighted by Gasteiger charge is -2.16. The van der Waals surface area contributed by atoms with Crippen LogP contribution < -0.4 is 11.1 Å². The second-order valence-electron chi connectivity index (χ2n) is 7.65. The van der Waals surface area contributed by atoms with Crippen molar-refractivity contribution in [1.29, 1.82) is 0 Å². The minimum atomic E-state index is -0.754. The van der Waals surface area contributed by atoms with Gasteiger partial charge in [0, 0.05) is 6.42 Å². The summed E-state index contributed by atoms with van der Waals surface area (Å²) in [6.45, 7) is 0. The molecule has 0 aromatic heterocycles. The third-order valence-corrected chi connectivity index (χ3v) is 5.36. The first-order chi connectivity index (χ1) is 15.1. The van der Waals surface area contributed by atoms with Crippen molar-refractivity contribution in [3.63, 3.8) is 0 Å². The van der Waals surface area contributed by atoms with E-state index < -0.39 is 11.9 Å². The number of hydrogen-bond donors (Lipinski definition) is 2. The predicted octanol–water partition coefficient (Wildman–Crippen LogP) is 4.26. The highest BCUT2D eigenvalue weighted by atomic mass is 16.2. The Morgan fingerprint density at radius 2 is 1.32 bits per heavy atom. The monoisotopic (exact) mass is 408 g/mol. The largest absolute Gasteiger partial charge is 0.368 e. The molecule has 31 heavy (non-hydrogen) atoms. The van der Waals surface area contributed by atoms with Gasteiger partial charge in [0.25, 0.3) is 0 Å². The van der Waals surface area contributed by atoms with Crippen molar-refractivity contribution in [1.82, 2.24) is 5.32 Å². The van der Waals surface area contributed by atoms with Crippen LogP contribution in [0, 0.1) is 0 Å². The molecular weight excluding hydrogens is 384 g/mol. The van der Waals surface area contributed by atoms with Crippen LogP contribution in [0.4, 0.5) is 0 Å². The van der Waals surface area contributed by atoms with Gasteiger partial charge in [-0.3, -0.25) is 9.59 Å². The van der Waals surface area contributed by atoms with Crippen LogP contribution in [0.3, 0.4) is 0 Å². The molecule has 0 heterocycles. The maximum atomic E-state index is 12.6. The normalized spacial score (nSPS) is 11.7. The molecule has 0 radical (unpaired) electrons. The van der Waals surface area contributed by atoms with Crippen LogP contribution in [0.2, 0.25) is 0 Å². The van der Waals surface area contributed by atoms with E-state index in [9.17, 15) is 9.59 Å². The number of carbonyl (C=O) groups is 2. The number of rotatable bonds is 7. The molecule has 4 heteroatoms. The van der Waals surface area contributed by atoms with Crippen molar-refractivity contribution >= 4 is 22.6 Å². The lowest BCUT2D eigenvalue weighted by atomic mass is 10.00. The number of nitrogens with one attached hydrogen (secondary N) is 1. The first kappa shape index (κ1) is 20.4. The highest BCUT2D eigenvalue weighted by molar-refractivity contribution is 5.89. The van der Waals surface area contributed by atoms with Crippen molar-refractivity contribution in [3.05, 3.63) is 108 Å². The lowest BCUT2D eigenvalue weighted by Crippen LogP contribution is -2.46. The maximum Gasteiger partial charge on any atom is 0.240 e. The van der Waals surface area contributed by atoms with E-state index in [-0.39, 0.29) is 12.3 Å². The minimum absolute atomic E-state index is 0.196. The summed E-state index contributed by atoms with van der Waals surface area (Å²) in [7, 11) is 0. The quantitative estimate of drug-likeness (QED) is 0.480. The Morgan fingerprint density at radius 1 is 0.710 bits per heavy atom. The summed E-state index contributed by atoms with van der Waals surface area (Å²) in [5, 5.41) is 5.00. The molecule has 0 bridgehead atoms.